The molecule has 0 aromatic heterocycles. The van der Waals surface area contributed by atoms with E-state index in [2.05, 4.69) is 15.5 Å². The monoisotopic (exact) mass is 457 g/mol. The molecule has 3 aromatic carbocycles. The Hall–Kier alpha value is -3.77. The van der Waals surface area contributed by atoms with Crippen LogP contribution in [0.1, 0.15) is 41.2 Å². The van der Waals surface area contributed by atoms with Crippen molar-refractivity contribution in [2.75, 3.05) is 5.32 Å². The molecule has 1 aliphatic heterocycles. The summed E-state index contributed by atoms with van der Waals surface area (Å²) in [6, 6.07) is 20.6. The number of rotatable bonds is 3. The van der Waals surface area contributed by atoms with Crippen LogP contribution in [-0.4, -0.2) is 11.8 Å². The first-order chi connectivity index (χ1) is 16.1. The molecular weight excluding hydrogens is 438 g/mol. The van der Waals surface area contributed by atoms with Gasteiger partial charge in [-0.15, -0.1) is 0 Å². The highest BCUT2D eigenvalue weighted by atomic mass is 35.5. The van der Waals surface area contributed by atoms with Crippen LogP contribution in [0.5, 0.6) is 5.75 Å². The van der Waals surface area contributed by atoms with Crippen molar-refractivity contribution in [2.45, 2.75) is 25.3 Å². The van der Waals surface area contributed by atoms with Crippen molar-refractivity contribution in [3.63, 3.8) is 0 Å². The molecule has 7 heteroatoms. The fourth-order valence-electron chi connectivity index (χ4n) is 4.05. The van der Waals surface area contributed by atoms with Gasteiger partial charge in [0.05, 0.1) is 11.3 Å². The number of benzene rings is 3. The van der Waals surface area contributed by atoms with Crippen LogP contribution >= 0.6 is 11.6 Å². The smallest absolute Gasteiger partial charge is 0.343 e. The van der Waals surface area contributed by atoms with Crippen LogP contribution < -0.4 is 10.1 Å². The maximum Gasteiger partial charge on any atom is 0.343 e. The fourth-order valence-corrected chi connectivity index (χ4v) is 4.18. The summed E-state index contributed by atoms with van der Waals surface area (Å²) in [7, 11) is 0. The minimum absolute atomic E-state index is 0.0515. The second-order valence-electron chi connectivity index (χ2n) is 7.90. The summed E-state index contributed by atoms with van der Waals surface area (Å²) in [4.78, 5) is 25.5. The maximum absolute atomic E-state index is 13.0. The van der Waals surface area contributed by atoms with Gasteiger partial charge in [-0.1, -0.05) is 35.9 Å². The molecule has 1 atom stereocenters. The van der Waals surface area contributed by atoms with Gasteiger partial charge in [0.2, 0.25) is 0 Å². The van der Waals surface area contributed by atoms with Gasteiger partial charge in [-0.05, 0) is 66.9 Å². The predicted octanol–water partition coefficient (Wildman–Crippen LogP) is 6.82. The van der Waals surface area contributed by atoms with E-state index < -0.39 is 12.0 Å². The Bertz CT molecular complexity index is 1300. The fraction of sp³-hybridized carbons (Fsp3) is 0.154. The second kappa shape index (κ2) is 9.00. The quantitative estimate of drug-likeness (QED) is 0.345. The number of ketones is 1. The molecule has 1 unspecified atom stereocenters. The summed E-state index contributed by atoms with van der Waals surface area (Å²) in [6.45, 7) is 0. The number of esters is 1. The number of carbonyl (C=O) groups is 2. The molecule has 0 radical (unpaired) electrons. The maximum atomic E-state index is 13.0. The van der Waals surface area contributed by atoms with E-state index in [0.717, 1.165) is 29.8 Å². The summed E-state index contributed by atoms with van der Waals surface area (Å²) in [5.74, 6) is -0.0773. The van der Waals surface area contributed by atoms with Crippen molar-refractivity contribution in [3.8, 4) is 5.75 Å². The minimum Gasteiger partial charge on any atom is -0.423 e. The number of allylic oxidation sites excluding steroid dienone is 1. The van der Waals surface area contributed by atoms with Gasteiger partial charge in [0.15, 0.2) is 5.78 Å². The highest BCUT2D eigenvalue weighted by Crippen LogP contribution is 2.40. The number of Topliss-reactive ketones (excluding diaryl/α,β-unsaturated/α-hetero) is 1. The lowest BCUT2D eigenvalue weighted by Gasteiger charge is -2.27. The lowest BCUT2D eigenvalue weighted by atomic mass is 9.86. The molecule has 0 saturated heterocycles. The first-order valence-corrected chi connectivity index (χ1v) is 11.1. The third kappa shape index (κ3) is 4.43. The molecule has 1 heterocycles. The second-order valence-corrected chi connectivity index (χ2v) is 8.33. The summed E-state index contributed by atoms with van der Waals surface area (Å²) in [6.07, 6.45) is 2.02. The normalized spacial score (nSPS) is 17.4. The van der Waals surface area contributed by atoms with E-state index in [9.17, 15) is 9.59 Å². The number of nitrogens with one attached hydrogen (secondary N) is 1. The Kier molecular flexibility index (Phi) is 5.75. The molecule has 3 aromatic rings. The largest absolute Gasteiger partial charge is 0.423 e. The standard InChI is InChI=1S/C26H20ClN3O3/c27-18-13-11-16(12-14-18)26(32)33-19-6-3-5-17(15-19)25-24-22(9-4-10-23(24)31)28-20-7-1-2-8-21(20)29-30-25/h1-3,5-8,11-15,25,28H,4,9-10H2. The van der Waals surface area contributed by atoms with Crippen molar-refractivity contribution in [2.24, 2.45) is 10.2 Å². The zero-order chi connectivity index (χ0) is 22.8. The molecule has 2 aliphatic rings. The van der Waals surface area contributed by atoms with Crippen LogP contribution in [0, 0.1) is 0 Å². The topological polar surface area (TPSA) is 80.1 Å². The summed E-state index contributed by atoms with van der Waals surface area (Å²) in [5.41, 5.74) is 4.13. The van der Waals surface area contributed by atoms with Crippen LogP contribution in [0.15, 0.2) is 94.3 Å². The molecule has 6 nitrogen and oxygen atoms in total. The van der Waals surface area contributed by atoms with E-state index in [1.807, 2.05) is 30.3 Å². The van der Waals surface area contributed by atoms with E-state index >= 15 is 0 Å². The molecule has 5 rings (SSSR count). The van der Waals surface area contributed by atoms with Crippen LogP contribution in [0.25, 0.3) is 0 Å². The van der Waals surface area contributed by atoms with Crippen molar-refractivity contribution in [3.05, 3.63) is 100 Å². The zero-order valence-electron chi connectivity index (χ0n) is 17.6. The predicted molar refractivity (Wildman–Crippen MR) is 126 cm³/mol. The molecule has 164 valence electrons. The lowest BCUT2D eigenvalue weighted by molar-refractivity contribution is -0.116. The van der Waals surface area contributed by atoms with Crippen LogP contribution in [0.4, 0.5) is 11.4 Å². The molecule has 0 spiro atoms. The minimum atomic E-state index is -0.595. The first kappa shape index (κ1) is 21.1. The van der Waals surface area contributed by atoms with Gasteiger partial charge in [0.25, 0.3) is 0 Å². The van der Waals surface area contributed by atoms with Gasteiger partial charge in [0, 0.05) is 22.7 Å². The van der Waals surface area contributed by atoms with Gasteiger partial charge < -0.3 is 10.1 Å². The van der Waals surface area contributed by atoms with Gasteiger partial charge in [-0.25, -0.2) is 4.79 Å². The Morgan fingerprint density at radius 1 is 1.00 bits per heavy atom. The number of nitrogens with zero attached hydrogens (tertiary/aromatic N) is 2. The Morgan fingerprint density at radius 3 is 2.67 bits per heavy atom. The first-order valence-electron chi connectivity index (χ1n) is 10.7. The Labute approximate surface area is 196 Å². The van der Waals surface area contributed by atoms with Crippen molar-refractivity contribution in [1.29, 1.82) is 0 Å². The number of hydrogen-bond acceptors (Lipinski definition) is 6. The SMILES string of the molecule is O=C1CCCC2=C1C(c1cccc(OC(=O)c3ccc(Cl)cc3)c1)N=Nc1ccccc1N2. The molecule has 1 N–H and O–H groups in total. The number of anilines is 1. The number of azo groups is 1. The van der Waals surface area contributed by atoms with Crippen molar-refractivity contribution >= 4 is 34.7 Å². The van der Waals surface area contributed by atoms with E-state index in [1.165, 1.54) is 0 Å². The highest BCUT2D eigenvalue weighted by molar-refractivity contribution is 6.30. The summed E-state index contributed by atoms with van der Waals surface area (Å²) < 4.78 is 5.58. The highest BCUT2D eigenvalue weighted by Gasteiger charge is 2.31. The molecular formula is C26H20ClN3O3. The Balaban J connectivity index is 1.51. The van der Waals surface area contributed by atoms with Crippen LogP contribution in [-0.2, 0) is 4.79 Å². The summed E-state index contributed by atoms with van der Waals surface area (Å²) in [5, 5.41) is 13.0. The third-order valence-corrected chi connectivity index (χ3v) is 5.92. The van der Waals surface area contributed by atoms with E-state index in [1.54, 1.807) is 42.5 Å². The molecule has 0 fully saturated rings. The molecule has 33 heavy (non-hydrogen) atoms. The van der Waals surface area contributed by atoms with Crippen LogP contribution in [0.2, 0.25) is 5.02 Å². The van der Waals surface area contributed by atoms with E-state index in [-0.39, 0.29) is 5.78 Å². The average Bonchev–Trinajstić information content (AvgIpc) is 2.80. The lowest BCUT2D eigenvalue weighted by Crippen LogP contribution is -2.21. The number of hydrogen-bond donors (Lipinski definition) is 1. The average molecular weight is 458 g/mol. The third-order valence-electron chi connectivity index (χ3n) is 5.66. The summed E-state index contributed by atoms with van der Waals surface area (Å²) >= 11 is 5.90. The van der Waals surface area contributed by atoms with Crippen molar-refractivity contribution in [1.82, 2.24) is 0 Å². The number of ether oxygens (including phenoxy) is 1. The molecule has 0 saturated carbocycles. The van der Waals surface area contributed by atoms with E-state index in [0.29, 0.717) is 34.0 Å². The zero-order valence-corrected chi connectivity index (χ0v) is 18.4. The van der Waals surface area contributed by atoms with E-state index in [4.69, 9.17) is 16.3 Å². The van der Waals surface area contributed by atoms with Crippen LogP contribution in [0.3, 0.4) is 0 Å². The van der Waals surface area contributed by atoms with Gasteiger partial charge in [-0.3, -0.25) is 4.79 Å². The molecule has 1 aliphatic carbocycles. The number of carbonyl (C=O) groups excluding carboxylic acids is 2. The van der Waals surface area contributed by atoms with Gasteiger partial charge in [-0.2, -0.15) is 10.2 Å². The van der Waals surface area contributed by atoms with Gasteiger partial charge >= 0.3 is 5.97 Å². The number of halogens is 1. The van der Waals surface area contributed by atoms with Crippen molar-refractivity contribution < 1.29 is 14.3 Å². The van der Waals surface area contributed by atoms with Gasteiger partial charge in [0.1, 0.15) is 17.5 Å². The molecule has 0 amide bonds. The number of para-hydroxylation sites is 1. The number of fused-ring (bicyclic) bond motifs is 1. The Morgan fingerprint density at radius 2 is 1.82 bits per heavy atom. The molecule has 0 bridgehead atoms.